The molecule has 0 aliphatic carbocycles. The molecule has 1 amide bonds. The number of nitrogens with one attached hydrogen (secondary N) is 2. The summed E-state index contributed by atoms with van der Waals surface area (Å²) in [6.45, 7) is 2.43. The number of aromatic nitrogens is 2. The van der Waals surface area contributed by atoms with Crippen molar-refractivity contribution in [2.45, 2.75) is 5.92 Å². The van der Waals surface area contributed by atoms with Gasteiger partial charge in [0.1, 0.15) is 12.4 Å². The highest BCUT2D eigenvalue weighted by atomic mass is 79.9. The lowest BCUT2D eigenvalue weighted by Crippen LogP contribution is -2.36. The molecule has 2 aromatic rings. The Bertz CT molecular complexity index is 703. The van der Waals surface area contributed by atoms with Crippen LogP contribution in [0.25, 0.3) is 0 Å². The van der Waals surface area contributed by atoms with Gasteiger partial charge in [-0.25, -0.2) is 0 Å². The highest BCUT2D eigenvalue weighted by Crippen LogP contribution is 2.27. The average molecular weight is 393 g/mol. The first-order chi connectivity index (χ1) is 11.6. The summed E-state index contributed by atoms with van der Waals surface area (Å²) in [5.74, 6) is 0.950. The SMILES string of the molecule is Cn1cc([C@H]2CNC[C@@H]2C(=O)NCCOc2cccc(Br)c2)cn1. The molecule has 1 aliphatic heterocycles. The van der Waals surface area contributed by atoms with Gasteiger partial charge in [-0.3, -0.25) is 9.48 Å². The number of carbonyl (C=O) groups is 1. The fourth-order valence-corrected chi connectivity index (χ4v) is 3.35. The molecule has 24 heavy (non-hydrogen) atoms. The van der Waals surface area contributed by atoms with Crippen LogP contribution in [0.2, 0.25) is 0 Å². The summed E-state index contributed by atoms with van der Waals surface area (Å²) in [6, 6.07) is 7.66. The monoisotopic (exact) mass is 392 g/mol. The first kappa shape index (κ1) is 17.0. The Kier molecular flexibility index (Phi) is 5.52. The number of benzene rings is 1. The number of carbonyl (C=O) groups excluding carboxylic acids is 1. The van der Waals surface area contributed by atoms with Crippen molar-refractivity contribution in [2.75, 3.05) is 26.2 Å². The molecule has 3 rings (SSSR count). The molecule has 7 heteroatoms. The van der Waals surface area contributed by atoms with E-state index in [0.717, 1.165) is 22.3 Å². The van der Waals surface area contributed by atoms with Crippen molar-refractivity contribution < 1.29 is 9.53 Å². The third kappa shape index (κ3) is 4.15. The average Bonchev–Trinajstić information content (AvgIpc) is 3.20. The number of hydrogen-bond donors (Lipinski definition) is 2. The smallest absolute Gasteiger partial charge is 0.225 e. The Balaban J connectivity index is 1.47. The summed E-state index contributed by atoms with van der Waals surface area (Å²) < 4.78 is 8.39. The van der Waals surface area contributed by atoms with Crippen LogP contribution in [0, 0.1) is 5.92 Å². The van der Waals surface area contributed by atoms with Crippen LogP contribution in [0.15, 0.2) is 41.1 Å². The normalized spacial score (nSPS) is 20.1. The van der Waals surface area contributed by atoms with Crippen molar-refractivity contribution in [1.29, 1.82) is 0 Å². The minimum Gasteiger partial charge on any atom is -0.492 e. The molecule has 1 aliphatic rings. The lowest BCUT2D eigenvalue weighted by atomic mass is 9.90. The Hall–Kier alpha value is -1.86. The van der Waals surface area contributed by atoms with E-state index < -0.39 is 0 Å². The number of amides is 1. The van der Waals surface area contributed by atoms with Gasteiger partial charge < -0.3 is 15.4 Å². The summed E-state index contributed by atoms with van der Waals surface area (Å²) >= 11 is 3.41. The lowest BCUT2D eigenvalue weighted by molar-refractivity contribution is -0.124. The summed E-state index contributed by atoms with van der Waals surface area (Å²) in [4.78, 5) is 12.5. The number of rotatable bonds is 6. The van der Waals surface area contributed by atoms with E-state index in [1.807, 2.05) is 43.7 Å². The van der Waals surface area contributed by atoms with Gasteiger partial charge in [0.15, 0.2) is 0 Å². The number of aryl methyl sites for hydroxylation is 1. The van der Waals surface area contributed by atoms with Crippen LogP contribution in [0.4, 0.5) is 0 Å². The van der Waals surface area contributed by atoms with Crippen molar-refractivity contribution >= 4 is 21.8 Å². The summed E-state index contributed by atoms with van der Waals surface area (Å²) in [5, 5.41) is 10.5. The quantitative estimate of drug-likeness (QED) is 0.733. The maximum absolute atomic E-state index is 12.5. The second-order valence-corrected chi connectivity index (χ2v) is 6.83. The largest absolute Gasteiger partial charge is 0.492 e. The zero-order valence-corrected chi connectivity index (χ0v) is 15.1. The molecule has 0 saturated carbocycles. The number of halogens is 1. The van der Waals surface area contributed by atoms with E-state index in [4.69, 9.17) is 4.74 Å². The molecule has 1 saturated heterocycles. The summed E-state index contributed by atoms with van der Waals surface area (Å²) in [7, 11) is 1.89. The van der Waals surface area contributed by atoms with Gasteiger partial charge in [-0.05, 0) is 23.8 Å². The maximum Gasteiger partial charge on any atom is 0.225 e. The van der Waals surface area contributed by atoms with Crippen LogP contribution >= 0.6 is 15.9 Å². The van der Waals surface area contributed by atoms with Crippen molar-refractivity contribution in [1.82, 2.24) is 20.4 Å². The van der Waals surface area contributed by atoms with E-state index in [-0.39, 0.29) is 17.7 Å². The molecular weight excluding hydrogens is 372 g/mol. The number of nitrogens with zero attached hydrogens (tertiary/aromatic N) is 2. The molecule has 2 heterocycles. The maximum atomic E-state index is 12.5. The van der Waals surface area contributed by atoms with Gasteiger partial charge in [-0.1, -0.05) is 22.0 Å². The molecule has 128 valence electrons. The first-order valence-electron chi connectivity index (χ1n) is 7.99. The third-order valence-electron chi connectivity index (χ3n) is 4.17. The second kappa shape index (κ2) is 7.81. The molecule has 6 nitrogen and oxygen atoms in total. The minimum absolute atomic E-state index is 0.0618. The zero-order valence-electron chi connectivity index (χ0n) is 13.5. The topological polar surface area (TPSA) is 68.2 Å². The summed E-state index contributed by atoms with van der Waals surface area (Å²) in [6.07, 6.45) is 3.82. The molecule has 0 radical (unpaired) electrons. The van der Waals surface area contributed by atoms with Gasteiger partial charge in [0.2, 0.25) is 5.91 Å². The van der Waals surface area contributed by atoms with Crippen molar-refractivity contribution in [3.63, 3.8) is 0 Å². The molecule has 1 aromatic heterocycles. The van der Waals surface area contributed by atoms with Gasteiger partial charge in [0.25, 0.3) is 0 Å². The van der Waals surface area contributed by atoms with Gasteiger partial charge in [0.05, 0.1) is 18.7 Å². The fourth-order valence-electron chi connectivity index (χ4n) is 2.97. The highest BCUT2D eigenvalue weighted by Gasteiger charge is 2.34. The predicted molar refractivity (Wildman–Crippen MR) is 95.0 cm³/mol. The van der Waals surface area contributed by atoms with E-state index >= 15 is 0 Å². The van der Waals surface area contributed by atoms with E-state index in [9.17, 15) is 4.79 Å². The molecule has 2 N–H and O–H groups in total. The minimum atomic E-state index is -0.0694. The van der Waals surface area contributed by atoms with E-state index in [0.29, 0.717) is 19.7 Å². The molecule has 0 unspecified atom stereocenters. The Morgan fingerprint density at radius 3 is 3.12 bits per heavy atom. The van der Waals surface area contributed by atoms with Gasteiger partial charge in [-0.2, -0.15) is 5.10 Å². The first-order valence-corrected chi connectivity index (χ1v) is 8.78. The Morgan fingerprint density at radius 1 is 1.50 bits per heavy atom. The number of hydrogen-bond acceptors (Lipinski definition) is 4. The van der Waals surface area contributed by atoms with E-state index in [1.54, 1.807) is 4.68 Å². The van der Waals surface area contributed by atoms with Gasteiger partial charge in [0, 0.05) is 36.7 Å². The van der Waals surface area contributed by atoms with Crippen LogP contribution in [0.5, 0.6) is 5.75 Å². The Morgan fingerprint density at radius 2 is 2.38 bits per heavy atom. The molecule has 1 aromatic carbocycles. The third-order valence-corrected chi connectivity index (χ3v) is 4.66. The Labute approximate surface area is 149 Å². The van der Waals surface area contributed by atoms with Crippen molar-refractivity contribution in [2.24, 2.45) is 13.0 Å². The van der Waals surface area contributed by atoms with Crippen LogP contribution in [0.3, 0.4) is 0 Å². The molecular formula is C17H21BrN4O2. The molecule has 0 spiro atoms. The van der Waals surface area contributed by atoms with E-state index in [1.165, 1.54) is 0 Å². The molecule has 2 atom stereocenters. The van der Waals surface area contributed by atoms with E-state index in [2.05, 4.69) is 31.7 Å². The lowest BCUT2D eigenvalue weighted by Gasteiger charge is -2.17. The molecule has 0 bridgehead atoms. The fraction of sp³-hybridized carbons (Fsp3) is 0.412. The second-order valence-electron chi connectivity index (χ2n) is 5.92. The zero-order chi connectivity index (χ0) is 16.9. The highest BCUT2D eigenvalue weighted by molar-refractivity contribution is 9.10. The van der Waals surface area contributed by atoms with Gasteiger partial charge >= 0.3 is 0 Å². The summed E-state index contributed by atoms with van der Waals surface area (Å²) in [5.41, 5.74) is 1.10. The van der Waals surface area contributed by atoms with Crippen molar-refractivity contribution in [3.05, 3.63) is 46.7 Å². The van der Waals surface area contributed by atoms with Gasteiger partial charge in [-0.15, -0.1) is 0 Å². The predicted octanol–water partition coefficient (Wildman–Crippen LogP) is 1.68. The standard InChI is InChI=1S/C17H21BrN4O2/c1-22-11-12(8-21-22)15-9-19-10-16(15)17(23)20-5-6-24-14-4-2-3-13(18)7-14/h2-4,7-8,11,15-16,19H,5-6,9-10H2,1H3,(H,20,23)/t15-,16+/m1/s1. The van der Waals surface area contributed by atoms with Crippen LogP contribution in [0.1, 0.15) is 11.5 Å². The van der Waals surface area contributed by atoms with Crippen LogP contribution in [-0.2, 0) is 11.8 Å². The number of ether oxygens (including phenoxy) is 1. The van der Waals surface area contributed by atoms with Crippen LogP contribution in [-0.4, -0.2) is 41.9 Å². The van der Waals surface area contributed by atoms with Crippen LogP contribution < -0.4 is 15.4 Å². The molecule has 1 fully saturated rings. The van der Waals surface area contributed by atoms with Crippen molar-refractivity contribution in [3.8, 4) is 5.75 Å².